The summed E-state index contributed by atoms with van der Waals surface area (Å²) in [7, 11) is 0. The fourth-order valence-corrected chi connectivity index (χ4v) is 1.92. The number of carbonyl (C=O) groups is 1. The van der Waals surface area contributed by atoms with E-state index in [1.54, 1.807) is 0 Å². The minimum atomic E-state index is -5.61. The molecule has 0 aromatic heterocycles. The molecule has 3 atom stereocenters. The van der Waals surface area contributed by atoms with Gasteiger partial charge in [-0.05, 0) is 13.8 Å². The van der Waals surface area contributed by atoms with Crippen LogP contribution < -0.4 is 16.8 Å². The summed E-state index contributed by atoms with van der Waals surface area (Å²) in [4.78, 5) is 13.6. The first-order valence-corrected chi connectivity index (χ1v) is 5.34. The van der Waals surface area contributed by atoms with Crippen molar-refractivity contribution in [3.8, 4) is 0 Å². The quantitative estimate of drug-likeness (QED) is 0.520. The average Bonchev–Trinajstić information content (AvgIpc) is 2.18. The number of hydrogen-bond donors (Lipinski definition) is 4. The average molecular weight is 322 g/mol. The number of carboxylic acids is 1. The van der Waals surface area contributed by atoms with E-state index in [1.165, 1.54) is 5.32 Å². The Balaban J connectivity index is 3.75. The van der Waals surface area contributed by atoms with E-state index in [2.05, 4.69) is 4.99 Å². The molecule has 0 saturated heterocycles. The van der Waals surface area contributed by atoms with Crippen LogP contribution in [-0.4, -0.2) is 46.0 Å². The highest BCUT2D eigenvalue weighted by Gasteiger charge is 2.76. The summed E-state index contributed by atoms with van der Waals surface area (Å²) in [6, 6.07) is 0. The van der Waals surface area contributed by atoms with Crippen LogP contribution in [0.25, 0.3) is 0 Å². The number of carboxylic acid groups (broad SMARTS) is 1. The highest BCUT2D eigenvalue weighted by atomic mass is 19.4. The molecular formula is C9H12F6N4O2. The number of aliphatic imine (C=N–C) groups is 1. The van der Waals surface area contributed by atoms with Crippen LogP contribution in [0.15, 0.2) is 4.99 Å². The van der Waals surface area contributed by atoms with Gasteiger partial charge < -0.3 is 16.6 Å². The molecule has 0 spiro atoms. The molecule has 6 N–H and O–H groups in total. The third kappa shape index (κ3) is 2.36. The lowest BCUT2D eigenvalue weighted by molar-refractivity contribution is -0.280. The summed E-state index contributed by atoms with van der Waals surface area (Å²) in [6.45, 7) is 0.773. The van der Waals surface area contributed by atoms with E-state index in [-0.39, 0.29) is 6.92 Å². The smallest absolute Gasteiger partial charge is 0.422 e. The maximum absolute atomic E-state index is 13.1. The molecule has 122 valence electrons. The van der Waals surface area contributed by atoms with Crippen LogP contribution in [0.3, 0.4) is 0 Å². The van der Waals surface area contributed by atoms with E-state index in [0.717, 1.165) is 6.92 Å². The molecule has 0 aromatic rings. The summed E-state index contributed by atoms with van der Waals surface area (Å²) >= 11 is 0. The Morgan fingerprint density at radius 1 is 1.14 bits per heavy atom. The van der Waals surface area contributed by atoms with Gasteiger partial charge in [0, 0.05) is 0 Å². The van der Waals surface area contributed by atoms with Crippen LogP contribution in [0.5, 0.6) is 0 Å². The Hall–Kier alpha value is -1.40. The molecule has 0 radical (unpaired) electrons. The van der Waals surface area contributed by atoms with E-state index in [4.69, 9.17) is 16.6 Å². The van der Waals surface area contributed by atoms with E-state index < -0.39 is 40.9 Å². The van der Waals surface area contributed by atoms with Crippen molar-refractivity contribution in [1.29, 1.82) is 0 Å². The predicted molar refractivity (Wildman–Crippen MR) is 58.2 cm³/mol. The molecule has 6 nitrogen and oxygen atoms in total. The molecule has 0 fully saturated rings. The number of rotatable bonds is 1. The molecule has 0 saturated carbocycles. The molecule has 0 amide bonds. The number of nitrogens with two attached hydrogens (primary N) is 2. The zero-order chi connectivity index (χ0) is 17.1. The van der Waals surface area contributed by atoms with Crippen LogP contribution in [0.2, 0.25) is 0 Å². The molecule has 0 aliphatic carbocycles. The number of nitrogens with one attached hydrogen (secondary N) is 1. The van der Waals surface area contributed by atoms with Gasteiger partial charge in [0.25, 0.3) is 0 Å². The summed E-state index contributed by atoms with van der Waals surface area (Å²) in [5, 5.41) is 10.1. The van der Waals surface area contributed by atoms with Crippen LogP contribution >= 0.6 is 0 Å². The van der Waals surface area contributed by atoms with Crippen molar-refractivity contribution in [2.45, 2.75) is 43.1 Å². The van der Waals surface area contributed by atoms with Gasteiger partial charge in [0.2, 0.25) is 5.66 Å². The van der Waals surface area contributed by atoms with Gasteiger partial charge >= 0.3 is 18.3 Å². The Morgan fingerprint density at radius 2 is 1.57 bits per heavy atom. The molecule has 1 rings (SSSR count). The summed E-state index contributed by atoms with van der Waals surface area (Å²) in [5.74, 6) is -1.99. The number of alkyl halides is 6. The molecule has 1 heterocycles. The maximum atomic E-state index is 13.1. The molecule has 1 aliphatic rings. The third-order valence-electron chi connectivity index (χ3n) is 3.25. The fourth-order valence-electron chi connectivity index (χ4n) is 1.92. The SMILES string of the molecule is CC1(N)NC(N)(C(F)(F)F)C(C)(C(F)(F)F)N=C1C(=O)O. The van der Waals surface area contributed by atoms with Gasteiger partial charge in [0.05, 0.1) is 0 Å². The van der Waals surface area contributed by atoms with Gasteiger partial charge in [-0.3, -0.25) is 10.3 Å². The minimum absolute atomic E-state index is 0.0473. The molecule has 21 heavy (non-hydrogen) atoms. The highest BCUT2D eigenvalue weighted by molar-refractivity contribution is 6.39. The molecule has 1 aliphatic heterocycles. The van der Waals surface area contributed by atoms with Gasteiger partial charge in [-0.15, -0.1) is 0 Å². The topological polar surface area (TPSA) is 114 Å². The number of hydrogen-bond acceptors (Lipinski definition) is 5. The second kappa shape index (κ2) is 4.30. The molecule has 0 bridgehead atoms. The standard InChI is InChI=1S/C9H12F6N4O2/c1-5(16)3(4(20)21)18-6(2,8(10,11)12)7(17,19-5)9(13,14)15/h19H,16-17H2,1-2H3,(H,20,21). The fraction of sp³-hybridized carbons (Fsp3) is 0.778. The van der Waals surface area contributed by atoms with Crippen LogP contribution in [0.4, 0.5) is 26.3 Å². The number of halogens is 6. The zero-order valence-electron chi connectivity index (χ0n) is 10.7. The van der Waals surface area contributed by atoms with Crippen molar-refractivity contribution in [1.82, 2.24) is 5.32 Å². The van der Waals surface area contributed by atoms with Gasteiger partial charge in [0.15, 0.2) is 11.3 Å². The lowest BCUT2D eigenvalue weighted by Crippen LogP contribution is -2.87. The van der Waals surface area contributed by atoms with Crippen molar-refractivity contribution >= 4 is 11.7 Å². The normalized spacial score (nSPS) is 38.1. The molecule has 3 unspecified atom stereocenters. The maximum Gasteiger partial charge on any atom is 0.422 e. The largest absolute Gasteiger partial charge is 0.477 e. The highest BCUT2D eigenvalue weighted by Crippen LogP contribution is 2.48. The van der Waals surface area contributed by atoms with Gasteiger partial charge in [0.1, 0.15) is 5.66 Å². The van der Waals surface area contributed by atoms with Crippen molar-refractivity contribution in [3.63, 3.8) is 0 Å². The first-order chi connectivity index (χ1) is 9.00. The Morgan fingerprint density at radius 3 is 1.86 bits per heavy atom. The summed E-state index contributed by atoms with van der Waals surface area (Å²) in [5.41, 5.74) is -1.70. The van der Waals surface area contributed by atoms with Crippen molar-refractivity contribution in [2.24, 2.45) is 16.5 Å². The summed E-state index contributed by atoms with van der Waals surface area (Å²) < 4.78 is 78.4. The van der Waals surface area contributed by atoms with Crippen LogP contribution in [-0.2, 0) is 4.79 Å². The van der Waals surface area contributed by atoms with E-state index in [0.29, 0.717) is 0 Å². The second-order valence-corrected chi connectivity index (χ2v) is 4.97. The van der Waals surface area contributed by atoms with Gasteiger partial charge in [-0.2, -0.15) is 26.3 Å². The van der Waals surface area contributed by atoms with Crippen LogP contribution in [0.1, 0.15) is 13.8 Å². The first kappa shape index (κ1) is 17.7. The zero-order valence-corrected chi connectivity index (χ0v) is 10.7. The van der Waals surface area contributed by atoms with Gasteiger partial charge in [-0.25, -0.2) is 4.79 Å². The lowest BCUT2D eigenvalue weighted by Gasteiger charge is -2.52. The van der Waals surface area contributed by atoms with Gasteiger partial charge in [-0.1, -0.05) is 0 Å². The first-order valence-electron chi connectivity index (χ1n) is 5.34. The third-order valence-corrected chi connectivity index (χ3v) is 3.25. The Labute approximate surface area is 114 Å². The molecular weight excluding hydrogens is 310 g/mol. The Bertz CT molecular complexity index is 499. The van der Waals surface area contributed by atoms with E-state index >= 15 is 0 Å². The lowest BCUT2D eigenvalue weighted by atomic mass is 9.80. The number of nitrogens with zero attached hydrogens (tertiary/aromatic N) is 1. The van der Waals surface area contributed by atoms with E-state index in [9.17, 15) is 31.1 Å². The Kier molecular flexibility index (Phi) is 3.62. The van der Waals surface area contributed by atoms with Crippen molar-refractivity contribution in [3.05, 3.63) is 0 Å². The second-order valence-electron chi connectivity index (χ2n) is 4.97. The van der Waals surface area contributed by atoms with Crippen LogP contribution in [0, 0.1) is 0 Å². The summed E-state index contributed by atoms with van der Waals surface area (Å²) in [6.07, 6.45) is -11.2. The van der Waals surface area contributed by atoms with Crippen molar-refractivity contribution in [2.75, 3.05) is 0 Å². The molecule has 0 aromatic carbocycles. The monoisotopic (exact) mass is 322 g/mol. The predicted octanol–water partition coefficient (Wildman–Crippen LogP) is 0.328. The number of aliphatic carboxylic acids is 1. The minimum Gasteiger partial charge on any atom is -0.477 e. The molecule has 12 heteroatoms. The van der Waals surface area contributed by atoms with E-state index in [1.807, 2.05) is 0 Å². The van der Waals surface area contributed by atoms with Crippen molar-refractivity contribution < 1.29 is 36.2 Å².